The first-order chi connectivity index (χ1) is 9.15. The zero-order chi connectivity index (χ0) is 13.8. The fourth-order valence-corrected chi connectivity index (χ4v) is 2.12. The predicted molar refractivity (Wildman–Crippen MR) is 76.6 cm³/mol. The maximum Gasteiger partial charge on any atom is 0.0991 e. The van der Waals surface area contributed by atoms with Gasteiger partial charge in [-0.1, -0.05) is 44.2 Å². The monoisotopic (exact) mass is 251 g/mol. The Bertz CT molecular complexity index is 606. The van der Waals surface area contributed by atoms with E-state index in [1.807, 2.05) is 6.07 Å². The Morgan fingerprint density at radius 3 is 2.32 bits per heavy atom. The number of hydrogen-bond donors (Lipinski definition) is 1. The van der Waals surface area contributed by atoms with E-state index in [0.717, 1.165) is 16.7 Å². The van der Waals surface area contributed by atoms with E-state index >= 15 is 0 Å². The summed E-state index contributed by atoms with van der Waals surface area (Å²) in [5.41, 5.74) is 4.71. The van der Waals surface area contributed by atoms with Crippen LogP contribution in [-0.4, -0.2) is 5.11 Å². The van der Waals surface area contributed by atoms with Crippen LogP contribution in [0.2, 0.25) is 0 Å². The minimum Gasteiger partial charge on any atom is -0.392 e. The molecule has 2 heteroatoms. The summed E-state index contributed by atoms with van der Waals surface area (Å²) in [6.45, 7) is 4.27. The van der Waals surface area contributed by atoms with Crippen LogP contribution in [0.15, 0.2) is 42.5 Å². The molecular formula is C17H17NO. The zero-order valence-corrected chi connectivity index (χ0v) is 11.2. The third-order valence-electron chi connectivity index (χ3n) is 3.29. The zero-order valence-electron chi connectivity index (χ0n) is 11.2. The molecule has 0 heterocycles. The third kappa shape index (κ3) is 2.83. The first kappa shape index (κ1) is 13.3. The highest BCUT2D eigenvalue weighted by atomic mass is 16.3. The summed E-state index contributed by atoms with van der Waals surface area (Å²) in [4.78, 5) is 0. The first-order valence-electron chi connectivity index (χ1n) is 6.40. The molecule has 0 unspecified atom stereocenters. The highest BCUT2D eigenvalue weighted by Crippen LogP contribution is 2.26. The molecule has 2 aromatic carbocycles. The number of nitriles is 1. The molecule has 0 aromatic heterocycles. The molecule has 1 N–H and O–H groups in total. The Balaban J connectivity index is 2.44. The van der Waals surface area contributed by atoms with Crippen LogP contribution in [0.5, 0.6) is 0 Å². The van der Waals surface area contributed by atoms with E-state index < -0.39 is 0 Å². The first-order valence-corrected chi connectivity index (χ1v) is 6.40. The molecule has 0 amide bonds. The maximum absolute atomic E-state index is 9.43. The summed E-state index contributed by atoms with van der Waals surface area (Å²) in [6, 6.07) is 15.9. The lowest BCUT2D eigenvalue weighted by molar-refractivity contribution is 0.282. The van der Waals surface area contributed by atoms with Gasteiger partial charge >= 0.3 is 0 Å². The van der Waals surface area contributed by atoms with E-state index in [2.05, 4.69) is 44.2 Å². The Morgan fingerprint density at radius 2 is 1.79 bits per heavy atom. The molecule has 2 aromatic rings. The molecule has 0 saturated carbocycles. The second-order valence-electron chi connectivity index (χ2n) is 4.92. The minimum atomic E-state index is -0.0587. The van der Waals surface area contributed by atoms with Gasteiger partial charge in [-0.15, -0.1) is 0 Å². The molecule has 0 fully saturated rings. The molecular weight excluding hydrogens is 234 g/mol. The van der Waals surface area contributed by atoms with E-state index in [1.165, 1.54) is 5.56 Å². The van der Waals surface area contributed by atoms with Crippen molar-refractivity contribution in [3.8, 4) is 17.2 Å². The number of nitrogens with zero attached hydrogens (tertiary/aromatic N) is 1. The molecule has 19 heavy (non-hydrogen) atoms. The average Bonchev–Trinajstić information content (AvgIpc) is 2.46. The quantitative estimate of drug-likeness (QED) is 0.900. The van der Waals surface area contributed by atoms with Gasteiger partial charge in [-0.3, -0.25) is 0 Å². The van der Waals surface area contributed by atoms with Crippen molar-refractivity contribution in [3.05, 3.63) is 59.2 Å². The van der Waals surface area contributed by atoms with E-state index in [1.54, 1.807) is 12.1 Å². The van der Waals surface area contributed by atoms with Crippen LogP contribution in [-0.2, 0) is 6.61 Å². The molecule has 0 aliphatic carbocycles. The Labute approximate surface area is 114 Å². The number of aliphatic hydroxyl groups excluding tert-OH is 1. The summed E-state index contributed by atoms with van der Waals surface area (Å²) >= 11 is 0. The molecule has 0 bridgehead atoms. The predicted octanol–water partition coefficient (Wildman–Crippen LogP) is 3.84. The van der Waals surface area contributed by atoms with Gasteiger partial charge in [0, 0.05) is 0 Å². The van der Waals surface area contributed by atoms with E-state index in [0.29, 0.717) is 11.5 Å². The van der Waals surface area contributed by atoms with Crippen molar-refractivity contribution in [2.75, 3.05) is 0 Å². The van der Waals surface area contributed by atoms with Gasteiger partial charge in [-0.25, -0.2) is 0 Å². The van der Waals surface area contributed by atoms with Crippen molar-refractivity contribution < 1.29 is 5.11 Å². The molecule has 0 saturated heterocycles. The number of benzene rings is 2. The fraction of sp³-hybridized carbons (Fsp3) is 0.235. The molecule has 0 aliphatic heterocycles. The van der Waals surface area contributed by atoms with Crippen LogP contribution < -0.4 is 0 Å². The van der Waals surface area contributed by atoms with Crippen molar-refractivity contribution in [2.45, 2.75) is 26.4 Å². The fourth-order valence-electron chi connectivity index (χ4n) is 2.12. The molecule has 0 aliphatic rings. The van der Waals surface area contributed by atoms with Crippen LogP contribution >= 0.6 is 0 Å². The van der Waals surface area contributed by atoms with Crippen LogP contribution in [0.3, 0.4) is 0 Å². The van der Waals surface area contributed by atoms with E-state index in [9.17, 15) is 5.11 Å². The molecule has 2 rings (SSSR count). The van der Waals surface area contributed by atoms with Crippen molar-refractivity contribution in [2.24, 2.45) is 0 Å². The third-order valence-corrected chi connectivity index (χ3v) is 3.29. The summed E-state index contributed by atoms with van der Waals surface area (Å²) < 4.78 is 0. The SMILES string of the molecule is CC(C)c1ccc(-c2ccc(C#N)cc2CO)cc1. The van der Waals surface area contributed by atoms with Crippen LogP contribution in [0.4, 0.5) is 0 Å². The lowest BCUT2D eigenvalue weighted by atomic mass is 9.95. The summed E-state index contributed by atoms with van der Waals surface area (Å²) in [5.74, 6) is 0.507. The highest BCUT2D eigenvalue weighted by molar-refractivity contribution is 5.68. The Hall–Kier alpha value is -2.11. The molecule has 96 valence electrons. The second kappa shape index (κ2) is 5.69. The van der Waals surface area contributed by atoms with E-state index in [4.69, 9.17) is 5.26 Å². The highest BCUT2D eigenvalue weighted by Gasteiger charge is 2.06. The van der Waals surface area contributed by atoms with Crippen LogP contribution in [0.25, 0.3) is 11.1 Å². The van der Waals surface area contributed by atoms with Gasteiger partial charge in [-0.05, 0) is 40.3 Å². The largest absolute Gasteiger partial charge is 0.392 e. The molecule has 0 atom stereocenters. The van der Waals surface area contributed by atoms with Gasteiger partial charge in [-0.2, -0.15) is 5.26 Å². The van der Waals surface area contributed by atoms with Crippen molar-refractivity contribution in [3.63, 3.8) is 0 Å². The number of aliphatic hydroxyl groups is 1. The van der Waals surface area contributed by atoms with Crippen molar-refractivity contribution >= 4 is 0 Å². The normalized spacial score (nSPS) is 10.5. The van der Waals surface area contributed by atoms with Crippen LogP contribution in [0.1, 0.15) is 36.5 Å². The smallest absolute Gasteiger partial charge is 0.0991 e. The maximum atomic E-state index is 9.43. The minimum absolute atomic E-state index is 0.0587. The Kier molecular flexibility index (Phi) is 3.99. The van der Waals surface area contributed by atoms with Gasteiger partial charge in [0.25, 0.3) is 0 Å². The second-order valence-corrected chi connectivity index (χ2v) is 4.92. The summed E-state index contributed by atoms with van der Waals surface area (Å²) in [7, 11) is 0. The lowest BCUT2D eigenvalue weighted by Crippen LogP contribution is -1.92. The average molecular weight is 251 g/mol. The standard InChI is InChI=1S/C17H17NO/c1-12(2)14-4-6-15(7-5-14)17-8-3-13(10-18)9-16(17)11-19/h3-9,12,19H,11H2,1-2H3. The van der Waals surface area contributed by atoms with Gasteiger partial charge < -0.3 is 5.11 Å². The topological polar surface area (TPSA) is 44.0 Å². The van der Waals surface area contributed by atoms with Gasteiger partial charge in [0.1, 0.15) is 0 Å². The number of rotatable bonds is 3. The number of hydrogen-bond acceptors (Lipinski definition) is 2. The molecule has 0 radical (unpaired) electrons. The van der Waals surface area contributed by atoms with Crippen molar-refractivity contribution in [1.29, 1.82) is 5.26 Å². The summed E-state index contributed by atoms with van der Waals surface area (Å²) in [5, 5.41) is 18.3. The lowest BCUT2D eigenvalue weighted by Gasteiger charge is -2.10. The molecule has 2 nitrogen and oxygen atoms in total. The Morgan fingerprint density at radius 1 is 1.11 bits per heavy atom. The van der Waals surface area contributed by atoms with Crippen molar-refractivity contribution in [1.82, 2.24) is 0 Å². The van der Waals surface area contributed by atoms with Gasteiger partial charge in [0.05, 0.1) is 18.2 Å². The van der Waals surface area contributed by atoms with E-state index in [-0.39, 0.29) is 6.61 Å². The van der Waals surface area contributed by atoms with Gasteiger partial charge in [0.2, 0.25) is 0 Å². The summed E-state index contributed by atoms with van der Waals surface area (Å²) in [6.07, 6.45) is 0. The molecule has 0 spiro atoms. The van der Waals surface area contributed by atoms with Crippen LogP contribution in [0, 0.1) is 11.3 Å². The van der Waals surface area contributed by atoms with Gasteiger partial charge in [0.15, 0.2) is 0 Å².